The molecule has 1 aromatic heterocycles. The largest absolute Gasteiger partial charge is 0.489 e. The van der Waals surface area contributed by atoms with Crippen LogP contribution in [0.2, 0.25) is 0 Å². The van der Waals surface area contributed by atoms with Gasteiger partial charge >= 0.3 is 0 Å². The van der Waals surface area contributed by atoms with E-state index in [1.54, 1.807) is 6.20 Å². The zero-order chi connectivity index (χ0) is 9.80. The molecule has 0 radical (unpaired) electrons. The normalized spacial score (nSPS) is 17.1. The highest BCUT2D eigenvalue weighted by molar-refractivity contribution is 5.44. The second-order valence-electron chi connectivity index (χ2n) is 3.85. The quantitative estimate of drug-likeness (QED) is 0.798. The number of pyridine rings is 1. The topological polar surface area (TPSA) is 48.1 Å². The highest BCUT2D eigenvalue weighted by Gasteiger charge is 2.15. The smallest absolute Gasteiger partial charge is 0.166 e. The summed E-state index contributed by atoms with van der Waals surface area (Å²) in [4.78, 5) is 3.98. The van der Waals surface area contributed by atoms with Gasteiger partial charge in [0.2, 0.25) is 0 Å². The Bertz CT molecular complexity index is 295. The number of ether oxygens (including phenoxy) is 1. The van der Waals surface area contributed by atoms with Crippen LogP contribution < -0.4 is 10.5 Å². The fourth-order valence-corrected chi connectivity index (χ4v) is 1.91. The Kier molecular flexibility index (Phi) is 2.87. The predicted molar refractivity (Wildman–Crippen MR) is 56.1 cm³/mol. The number of nitrogen functional groups attached to an aromatic ring is 1. The zero-order valence-corrected chi connectivity index (χ0v) is 8.28. The van der Waals surface area contributed by atoms with Gasteiger partial charge in [-0.2, -0.15) is 0 Å². The summed E-state index contributed by atoms with van der Waals surface area (Å²) in [5.74, 6) is 1.93. The lowest BCUT2D eigenvalue weighted by Crippen LogP contribution is -2.09. The summed E-state index contributed by atoms with van der Waals surface area (Å²) < 4.78 is 5.63. The van der Waals surface area contributed by atoms with Crippen LogP contribution in [0.15, 0.2) is 18.3 Å². The molecule has 0 aliphatic heterocycles. The second-order valence-corrected chi connectivity index (χ2v) is 3.85. The number of aromatic nitrogens is 1. The maximum atomic E-state index is 5.67. The van der Waals surface area contributed by atoms with Crippen LogP contribution in [0.25, 0.3) is 0 Å². The molecule has 2 rings (SSSR count). The van der Waals surface area contributed by atoms with Crippen molar-refractivity contribution in [2.24, 2.45) is 5.92 Å². The first kappa shape index (κ1) is 9.31. The Hall–Kier alpha value is -1.25. The molecule has 3 heteroatoms. The van der Waals surface area contributed by atoms with Crippen molar-refractivity contribution in [1.29, 1.82) is 0 Å². The van der Waals surface area contributed by atoms with E-state index in [9.17, 15) is 0 Å². The Morgan fingerprint density at radius 3 is 2.93 bits per heavy atom. The molecule has 0 atom stereocenters. The molecule has 0 unspecified atom stereocenters. The van der Waals surface area contributed by atoms with Gasteiger partial charge in [0.05, 0.1) is 6.61 Å². The van der Waals surface area contributed by atoms with Crippen LogP contribution in [0.1, 0.15) is 25.7 Å². The van der Waals surface area contributed by atoms with Crippen LogP contribution in [0.4, 0.5) is 5.82 Å². The van der Waals surface area contributed by atoms with Crippen molar-refractivity contribution in [3.8, 4) is 5.75 Å². The van der Waals surface area contributed by atoms with Crippen molar-refractivity contribution in [2.45, 2.75) is 25.7 Å². The third-order valence-corrected chi connectivity index (χ3v) is 2.75. The van der Waals surface area contributed by atoms with Crippen LogP contribution in [0, 0.1) is 5.92 Å². The monoisotopic (exact) mass is 192 g/mol. The average molecular weight is 192 g/mol. The van der Waals surface area contributed by atoms with Crippen LogP contribution in [-0.2, 0) is 0 Å². The molecule has 0 saturated heterocycles. The molecule has 3 nitrogen and oxygen atoms in total. The standard InChI is InChI=1S/C11H16N2O/c12-11-10(6-3-7-13-11)14-8-9-4-1-2-5-9/h3,6-7,9H,1-2,4-5,8H2,(H2,12,13). The maximum absolute atomic E-state index is 5.67. The van der Waals surface area contributed by atoms with E-state index in [-0.39, 0.29) is 0 Å². The molecule has 1 saturated carbocycles. The molecular formula is C11H16N2O. The van der Waals surface area contributed by atoms with Crippen LogP contribution >= 0.6 is 0 Å². The number of nitrogens with two attached hydrogens (primary N) is 1. The van der Waals surface area contributed by atoms with Crippen molar-refractivity contribution < 1.29 is 4.74 Å². The predicted octanol–water partition coefficient (Wildman–Crippen LogP) is 2.23. The molecule has 1 heterocycles. The Balaban J connectivity index is 1.88. The summed E-state index contributed by atoms with van der Waals surface area (Å²) in [7, 11) is 0. The molecule has 1 aliphatic carbocycles. The minimum atomic E-state index is 0.491. The van der Waals surface area contributed by atoms with Gasteiger partial charge < -0.3 is 10.5 Å². The minimum absolute atomic E-state index is 0.491. The molecule has 1 aliphatic rings. The van der Waals surface area contributed by atoms with Crippen LogP contribution in [0.5, 0.6) is 5.75 Å². The first-order chi connectivity index (χ1) is 6.86. The van der Waals surface area contributed by atoms with Crippen molar-refractivity contribution in [2.75, 3.05) is 12.3 Å². The second kappa shape index (κ2) is 4.31. The summed E-state index contributed by atoms with van der Waals surface area (Å²) in [6.07, 6.45) is 6.95. The van der Waals surface area contributed by atoms with Crippen molar-refractivity contribution in [1.82, 2.24) is 4.98 Å². The van der Waals surface area contributed by atoms with Gasteiger partial charge in [0.25, 0.3) is 0 Å². The number of anilines is 1. The first-order valence-corrected chi connectivity index (χ1v) is 5.19. The summed E-state index contributed by atoms with van der Waals surface area (Å²) in [6, 6.07) is 3.72. The number of rotatable bonds is 3. The molecule has 1 aromatic rings. The van der Waals surface area contributed by atoms with Gasteiger partial charge in [0, 0.05) is 6.20 Å². The lowest BCUT2D eigenvalue weighted by Gasteiger charge is -2.11. The van der Waals surface area contributed by atoms with E-state index < -0.39 is 0 Å². The van der Waals surface area contributed by atoms with Gasteiger partial charge in [-0.3, -0.25) is 0 Å². The number of hydrogen-bond donors (Lipinski definition) is 1. The van der Waals surface area contributed by atoms with E-state index in [2.05, 4.69) is 4.98 Å². The zero-order valence-electron chi connectivity index (χ0n) is 8.28. The fourth-order valence-electron chi connectivity index (χ4n) is 1.91. The van der Waals surface area contributed by atoms with E-state index >= 15 is 0 Å². The van der Waals surface area contributed by atoms with E-state index in [1.165, 1.54) is 25.7 Å². The van der Waals surface area contributed by atoms with E-state index in [4.69, 9.17) is 10.5 Å². The lowest BCUT2D eigenvalue weighted by molar-refractivity contribution is 0.253. The molecule has 0 spiro atoms. The van der Waals surface area contributed by atoms with Gasteiger partial charge in [-0.05, 0) is 30.9 Å². The summed E-state index contributed by atoms with van der Waals surface area (Å²) in [6.45, 7) is 0.788. The van der Waals surface area contributed by atoms with Gasteiger partial charge in [-0.1, -0.05) is 12.8 Å². The Labute approximate surface area is 84.3 Å². The van der Waals surface area contributed by atoms with Gasteiger partial charge in [-0.15, -0.1) is 0 Å². The number of hydrogen-bond acceptors (Lipinski definition) is 3. The van der Waals surface area contributed by atoms with Crippen LogP contribution in [-0.4, -0.2) is 11.6 Å². The molecule has 14 heavy (non-hydrogen) atoms. The van der Waals surface area contributed by atoms with E-state index in [0.717, 1.165) is 18.3 Å². The third-order valence-electron chi connectivity index (χ3n) is 2.75. The van der Waals surface area contributed by atoms with E-state index in [1.807, 2.05) is 12.1 Å². The highest BCUT2D eigenvalue weighted by atomic mass is 16.5. The summed E-state index contributed by atoms with van der Waals surface area (Å²) >= 11 is 0. The van der Waals surface area contributed by atoms with Crippen molar-refractivity contribution in [3.05, 3.63) is 18.3 Å². The molecular weight excluding hydrogens is 176 g/mol. The minimum Gasteiger partial charge on any atom is -0.489 e. The van der Waals surface area contributed by atoms with Crippen molar-refractivity contribution in [3.63, 3.8) is 0 Å². The molecule has 0 amide bonds. The fraction of sp³-hybridized carbons (Fsp3) is 0.545. The Morgan fingerprint density at radius 1 is 1.43 bits per heavy atom. The number of nitrogens with zero attached hydrogens (tertiary/aromatic N) is 1. The molecule has 0 bridgehead atoms. The van der Waals surface area contributed by atoms with Gasteiger partial charge in [-0.25, -0.2) is 4.98 Å². The lowest BCUT2D eigenvalue weighted by atomic mass is 10.1. The van der Waals surface area contributed by atoms with E-state index in [0.29, 0.717) is 5.82 Å². The summed E-state index contributed by atoms with van der Waals surface area (Å²) in [5.41, 5.74) is 5.67. The average Bonchev–Trinajstić information content (AvgIpc) is 2.69. The maximum Gasteiger partial charge on any atom is 0.166 e. The molecule has 2 N–H and O–H groups in total. The van der Waals surface area contributed by atoms with Crippen LogP contribution in [0.3, 0.4) is 0 Å². The first-order valence-electron chi connectivity index (χ1n) is 5.19. The molecule has 0 aromatic carbocycles. The molecule has 1 fully saturated rings. The summed E-state index contributed by atoms with van der Waals surface area (Å²) in [5, 5.41) is 0. The van der Waals surface area contributed by atoms with Crippen molar-refractivity contribution >= 4 is 5.82 Å². The molecule has 76 valence electrons. The highest BCUT2D eigenvalue weighted by Crippen LogP contribution is 2.26. The third kappa shape index (κ3) is 2.16. The van der Waals surface area contributed by atoms with Gasteiger partial charge in [0.1, 0.15) is 0 Å². The SMILES string of the molecule is Nc1ncccc1OCC1CCCC1. The van der Waals surface area contributed by atoms with Gasteiger partial charge in [0.15, 0.2) is 11.6 Å². The Morgan fingerprint density at radius 2 is 2.21 bits per heavy atom.